The van der Waals surface area contributed by atoms with Crippen LogP contribution in [0.5, 0.6) is 0 Å². The fraction of sp³-hybridized carbons (Fsp3) is 0.643. The van der Waals surface area contributed by atoms with Crippen LogP contribution >= 0.6 is 0 Å². The molecule has 0 amide bonds. The molecule has 0 radical (unpaired) electrons. The molecule has 20 heavy (non-hydrogen) atoms. The summed E-state index contributed by atoms with van der Waals surface area (Å²) in [6.07, 6.45) is 5.26. The van der Waals surface area contributed by atoms with E-state index in [9.17, 15) is 8.42 Å². The lowest BCUT2D eigenvalue weighted by atomic mass is 9.91. The summed E-state index contributed by atoms with van der Waals surface area (Å²) in [5, 5.41) is 3.06. The number of hydrogen-bond acceptors (Lipinski definition) is 4. The van der Waals surface area contributed by atoms with Crippen molar-refractivity contribution >= 4 is 15.7 Å². The number of rotatable bonds is 8. The third kappa shape index (κ3) is 3.70. The van der Waals surface area contributed by atoms with Crippen LogP contribution in [0.15, 0.2) is 23.4 Å². The molecule has 0 atom stereocenters. The Morgan fingerprint density at radius 3 is 2.25 bits per heavy atom. The Labute approximate surface area is 122 Å². The summed E-state index contributed by atoms with van der Waals surface area (Å²) in [6, 6.07) is 1.68. The smallest absolute Gasteiger partial charge is 0.244 e. The minimum absolute atomic E-state index is 0.210. The second-order valence-electron chi connectivity index (χ2n) is 4.85. The summed E-state index contributed by atoms with van der Waals surface area (Å²) in [5.74, 6) is 0. The molecule has 0 saturated heterocycles. The van der Waals surface area contributed by atoms with E-state index in [4.69, 9.17) is 0 Å². The molecule has 1 heterocycles. The van der Waals surface area contributed by atoms with E-state index in [1.54, 1.807) is 12.3 Å². The molecule has 6 heteroatoms. The van der Waals surface area contributed by atoms with Crippen molar-refractivity contribution in [2.24, 2.45) is 0 Å². The fourth-order valence-corrected chi connectivity index (χ4v) is 3.98. The number of anilines is 1. The van der Waals surface area contributed by atoms with Crippen LogP contribution in [0.3, 0.4) is 0 Å². The van der Waals surface area contributed by atoms with Gasteiger partial charge in [0.05, 0.1) is 5.69 Å². The number of nitrogens with zero attached hydrogens (tertiary/aromatic N) is 1. The summed E-state index contributed by atoms with van der Waals surface area (Å²) < 4.78 is 28.1. The highest BCUT2D eigenvalue weighted by molar-refractivity contribution is 7.89. The third-order valence-electron chi connectivity index (χ3n) is 3.82. The first-order valence-electron chi connectivity index (χ1n) is 7.16. The van der Waals surface area contributed by atoms with Gasteiger partial charge >= 0.3 is 0 Å². The topological polar surface area (TPSA) is 71.1 Å². The molecular formula is C14H25N3O2S. The van der Waals surface area contributed by atoms with Gasteiger partial charge in [-0.25, -0.2) is 13.1 Å². The summed E-state index contributed by atoms with van der Waals surface area (Å²) in [7, 11) is -3.58. The highest BCUT2D eigenvalue weighted by Gasteiger charge is 2.31. The van der Waals surface area contributed by atoms with Crippen molar-refractivity contribution in [1.82, 2.24) is 9.71 Å². The number of pyridine rings is 1. The Morgan fingerprint density at radius 2 is 1.75 bits per heavy atom. The zero-order chi connectivity index (χ0) is 15.2. The molecule has 0 aliphatic carbocycles. The maximum absolute atomic E-state index is 12.6. The summed E-state index contributed by atoms with van der Waals surface area (Å²) in [5.41, 5.74) is 0.199. The lowest BCUT2D eigenvalue weighted by molar-refractivity contribution is 0.341. The monoisotopic (exact) mass is 299 g/mol. The zero-order valence-corrected chi connectivity index (χ0v) is 13.5. The standard InChI is InChI=1S/C14H25N3O2S/c1-5-14(6-2,7-3)17-20(18,19)13-11-15-10-9-12(13)16-8-4/h9-11,17H,5-8H2,1-4H3,(H,15,16). The van der Waals surface area contributed by atoms with Gasteiger partial charge in [-0.3, -0.25) is 4.98 Å². The Kier molecular flexibility index (Phi) is 5.95. The van der Waals surface area contributed by atoms with Crippen molar-refractivity contribution in [3.8, 4) is 0 Å². The number of aromatic nitrogens is 1. The van der Waals surface area contributed by atoms with Gasteiger partial charge in [0.15, 0.2) is 0 Å². The largest absolute Gasteiger partial charge is 0.384 e. The Hall–Kier alpha value is -1.14. The van der Waals surface area contributed by atoms with Crippen LogP contribution in [0.1, 0.15) is 47.0 Å². The van der Waals surface area contributed by atoms with Gasteiger partial charge in [-0.15, -0.1) is 0 Å². The Morgan fingerprint density at radius 1 is 1.15 bits per heavy atom. The van der Waals surface area contributed by atoms with Crippen LogP contribution < -0.4 is 10.0 Å². The summed E-state index contributed by atoms with van der Waals surface area (Å²) in [4.78, 5) is 4.15. The average molecular weight is 299 g/mol. The zero-order valence-electron chi connectivity index (χ0n) is 12.7. The molecular weight excluding hydrogens is 274 g/mol. The van der Waals surface area contributed by atoms with Crippen LogP contribution in [-0.2, 0) is 10.0 Å². The lowest BCUT2D eigenvalue weighted by Gasteiger charge is -2.31. The number of nitrogens with one attached hydrogen (secondary N) is 2. The number of sulfonamides is 1. The molecule has 1 aromatic rings. The van der Waals surface area contributed by atoms with Gasteiger partial charge in [-0.1, -0.05) is 20.8 Å². The van der Waals surface area contributed by atoms with E-state index in [1.165, 1.54) is 6.20 Å². The summed E-state index contributed by atoms with van der Waals surface area (Å²) >= 11 is 0. The van der Waals surface area contributed by atoms with Crippen molar-refractivity contribution in [3.63, 3.8) is 0 Å². The average Bonchev–Trinajstić information content (AvgIpc) is 2.46. The molecule has 114 valence electrons. The van der Waals surface area contributed by atoms with Crippen LogP contribution in [0.25, 0.3) is 0 Å². The molecule has 0 aromatic carbocycles. The van der Waals surface area contributed by atoms with Gasteiger partial charge < -0.3 is 5.32 Å². The molecule has 1 aromatic heterocycles. The fourth-order valence-electron chi connectivity index (χ4n) is 2.24. The van der Waals surface area contributed by atoms with E-state index in [1.807, 2.05) is 27.7 Å². The van der Waals surface area contributed by atoms with Crippen LogP contribution in [-0.4, -0.2) is 25.5 Å². The van der Waals surface area contributed by atoms with Crippen molar-refractivity contribution in [1.29, 1.82) is 0 Å². The maximum Gasteiger partial charge on any atom is 0.244 e. The number of hydrogen-bond donors (Lipinski definition) is 2. The molecule has 1 rings (SSSR count). The van der Waals surface area contributed by atoms with Crippen molar-refractivity contribution in [2.75, 3.05) is 11.9 Å². The van der Waals surface area contributed by atoms with Crippen molar-refractivity contribution in [3.05, 3.63) is 18.5 Å². The second-order valence-corrected chi connectivity index (χ2v) is 6.50. The molecule has 0 saturated carbocycles. The molecule has 5 nitrogen and oxygen atoms in total. The molecule has 0 fully saturated rings. The van der Waals surface area contributed by atoms with Gasteiger partial charge in [0.2, 0.25) is 10.0 Å². The molecule has 0 aliphatic rings. The normalized spacial score (nSPS) is 12.4. The molecule has 0 aliphatic heterocycles. The van der Waals surface area contributed by atoms with E-state index >= 15 is 0 Å². The molecule has 0 unspecified atom stereocenters. The third-order valence-corrected chi connectivity index (χ3v) is 5.43. The van der Waals surface area contributed by atoms with Crippen LogP contribution in [0.4, 0.5) is 5.69 Å². The van der Waals surface area contributed by atoms with E-state index in [-0.39, 0.29) is 4.90 Å². The second kappa shape index (κ2) is 7.04. The quantitative estimate of drug-likeness (QED) is 0.774. The molecule has 0 spiro atoms. The Bertz CT molecular complexity index is 517. The van der Waals surface area contributed by atoms with E-state index in [2.05, 4.69) is 15.0 Å². The Balaban J connectivity index is 3.17. The van der Waals surface area contributed by atoms with Crippen molar-refractivity contribution < 1.29 is 8.42 Å². The lowest BCUT2D eigenvalue weighted by Crippen LogP contribution is -2.47. The van der Waals surface area contributed by atoms with Gasteiger partial charge in [-0.05, 0) is 32.3 Å². The maximum atomic E-state index is 12.6. The predicted molar refractivity (Wildman–Crippen MR) is 82.3 cm³/mol. The minimum atomic E-state index is -3.58. The molecule has 0 bridgehead atoms. The first-order valence-corrected chi connectivity index (χ1v) is 8.64. The molecule has 2 N–H and O–H groups in total. The minimum Gasteiger partial charge on any atom is -0.384 e. The van der Waals surface area contributed by atoms with Gasteiger partial charge in [-0.2, -0.15) is 0 Å². The first kappa shape index (κ1) is 16.9. The predicted octanol–water partition coefficient (Wildman–Crippen LogP) is 2.76. The van der Waals surface area contributed by atoms with E-state index < -0.39 is 15.6 Å². The van der Waals surface area contributed by atoms with Gasteiger partial charge in [0, 0.05) is 24.5 Å². The van der Waals surface area contributed by atoms with Gasteiger partial charge in [0.25, 0.3) is 0 Å². The van der Waals surface area contributed by atoms with Gasteiger partial charge in [0.1, 0.15) is 4.90 Å². The van der Waals surface area contributed by atoms with Crippen LogP contribution in [0.2, 0.25) is 0 Å². The highest BCUT2D eigenvalue weighted by Crippen LogP contribution is 2.25. The van der Waals surface area contributed by atoms with Crippen molar-refractivity contribution in [2.45, 2.75) is 57.4 Å². The SMILES string of the molecule is CCNc1ccncc1S(=O)(=O)NC(CC)(CC)CC. The van der Waals surface area contributed by atoms with E-state index in [0.29, 0.717) is 12.2 Å². The highest BCUT2D eigenvalue weighted by atomic mass is 32.2. The first-order chi connectivity index (χ1) is 9.44. The summed E-state index contributed by atoms with van der Waals surface area (Å²) in [6.45, 7) is 8.60. The van der Waals surface area contributed by atoms with Crippen LogP contribution in [0, 0.1) is 0 Å². The van der Waals surface area contributed by atoms with E-state index in [0.717, 1.165) is 19.3 Å².